The van der Waals surface area contributed by atoms with Gasteiger partial charge >= 0.3 is 0 Å². The predicted molar refractivity (Wildman–Crippen MR) is 81.4 cm³/mol. The number of nitrogens with one attached hydrogen (secondary N) is 1. The summed E-state index contributed by atoms with van der Waals surface area (Å²) >= 11 is 0. The molecule has 0 saturated carbocycles. The molecule has 2 rings (SSSR count). The van der Waals surface area contributed by atoms with Gasteiger partial charge in [-0.3, -0.25) is 0 Å². The van der Waals surface area contributed by atoms with E-state index in [4.69, 9.17) is 0 Å². The molecule has 0 amide bonds. The van der Waals surface area contributed by atoms with E-state index in [1.165, 1.54) is 6.42 Å². The van der Waals surface area contributed by atoms with Crippen molar-refractivity contribution in [3.63, 3.8) is 0 Å². The van der Waals surface area contributed by atoms with Crippen molar-refractivity contribution in [2.24, 2.45) is 0 Å². The van der Waals surface area contributed by atoms with Gasteiger partial charge in [-0.1, -0.05) is 25.1 Å². The van der Waals surface area contributed by atoms with Crippen LogP contribution in [-0.4, -0.2) is 56.1 Å². The molecule has 4 heteroatoms. The van der Waals surface area contributed by atoms with Gasteiger partial charge in [0.05, 0.1) is 0 Å². The zero-order chi connectivity index (χ0) is 14.4. The van der Waals surface area contributed by atoms with Gasteiger partial charge in [0.1, 0.15) is 5.82 Å². The minimum absolute atomic E-state index is 0.0737. The van der Waals surface area contributed by atoms with Gasteiger partial charge < -0.3 is 15.1 Å². The summed E-state index contributed by atoms with van der Waals surface area (Å²) in [4.78, 5) is 4.81. The Kier molecular flexibility index (Phi) is 5.95. The van der Waals surface area contributed by atoms with E-state index in [0.717, 1.165) is 44.8 Å². The monoisotopic (exact) mass is 279 g/mol. The first kappa shape index (κ1) is 15.4. The summed E-state index contributed by atoms with van der Waals surface area (Å²) in [7, 11) is 2.17. The van der Waals surface area contributed by atoms with Crippen LogP contribution in [0.1, 0.15) is 24.9 Å². The Morgan fingerprint density at radius 2 is 2.00 bits per heavy atom. The van der Waals surface area contributed by atoms with Gasteiger partial charge in [0, 0.05) is 31.2 Å². The third-order valence-corrected chi connectivity index (χ3v) is 3.98. The van der Waals surface area contributed by atoms with Crippen LogP contribution < -0.4 is 5.32 Å². The quantitative estimate of drug-likeness (QED) is 0.890. The second kappa shape index (κ2) is 7.72. The molecule has 1 N–H and O–H groups in total. The average molecular weight is 279 g/mol. The van der Waals surface area contributed by atoms with Crippen LogP contribution in [0.3, 0.4) is 0 Å². The van der Waals surface area contributed by atoms with Gasteiger partial charge in [0.25, 0.3) is 0 Å². The average Bonchev–Trinajstić information content (AvgIpc) is 2.64. The lowest BCUT2D eigenvalue weighted by atomic mass is 10.1. The molecule has 112 valence electrons. The van der Waals surface area contributed by atoms with Crippen LogP contribution >= 0.6 is 0 Å². The highest BCUT2D eigenvalue weighted by Gasteiger charge is 2.19. The molecule has 1 saturated heterocycles. The molecule has 20 heavy (non-hydrogen) atoms. The summed E-state index contributed by atoms with van der Waals surface area (Å²) in [5.74, 6) is -0.106. The highest BCUT2D eigenvalue weighted by molar-refractivity contribution is 5.21. The van der Waals surface area contributed by atoms with E-state index >= 15 is 0 Å². The number of likely N-dealkylation sites (N-methyl/N-ethyl adjacent to an activating group) is 2. The lowest BCUT2D eigenvalue weighted by Crippen LogP contribution is -2.37. The summed E-state index contributed by atoms with van der Waals surface area (Å²) in [5, 5.41) is 3.42. The second-order valence-electron chi connectivity index (χ2n) is 5.59. The summed E-state index contributed by atoms with van der Waals surface area (Å²) < 4.78 is 14.0. The van der Waals surface area contributed by atoms with Gasteiger partial charge in [0.2, 0.25) is 0 Å². The number of nitrogens with zero attached hydrogens (tertiary/aromatic N) is 2. The molecule has 0 spiro atoms. The van der Waals surface area contributed by atoms with Crippen LogP contribution in [0.4, 0.5) is 4.39 Å². The first-order valence-electron chi connectivity index (χ1n) is 7.59. The Balaban J connectivity index is 2.03. The van der Waals surface area contributed by atoms with Crippen molar-refractivity contribution in [3.8, 4) is 0 Å². The Bertz CT molecular complexity index is 410. The normalized spacial score (nSPS) is 19.8. The van der Waals surface area contributed by atoms with Gasteiger partial charge in [-0.05, 0) is 39.2 Å². The van der Waals surface area contributed by atoms with Gasteiger partial charge in [0.15, 0.2) is 0 Å². The topological polar surface area (TPSA) is 18.5 Å². The minimum atomic E-state index is -0.106. The van der Waals surface area contributed by atoms with Crippen LogP contribution in [0.5, 0.6) is 0 Å². The number of hydrogen-bond donors (Lipinski definition) is 1. The minimum Gasteiger partial charge on any atom is -0.309 e. The lowest BCUT2D eigenvalue weighted by Gasteiger charge is -2.27. The molecule has 0 aromatic heterocycles. The van der Waals surface area contributed by atoms with Gasteiger partial charge in [-0.25, -0.2) is 4.39 Å². The van der Waals surface area contributed by atoms with E-state index in [1.807, 2.05) is 12.1 Å². The summed E-state index contributed by atoms with van der Waals surface area (Å²) in [6, 6.07) is 7.19. The zero-order valence-electron chi connectivity index (χ0n) is 12.6. The maximum atomic E-state index is 14.0. The van der Waals surface area contributed by atoms with Crippen LogP contribution in [0.15, 0.2) is 24.3 Å². The van der Waals surface area contributed by atoms with Crippen molar-refractivity contribution in [2.45, 2.75) is 19.4 Å². The van der Waals surface area contributed by atoms with Crippen molar-refractivity contribution in [1.29, 1.82) is 0 Å². The lowest BCUT2D eigenvalue weighted by molar-refractivity contribution is 0.246. The molecule has 1 aromatic rings. The molecular weight excluding hydrogens is 253 g/mol. The molecule has 0 radical (unpaired) electrons. The van der Waals surface area contributed by atoms with E-state index in [2.05, 4.69) is 29.1 Å². The highest BCUT2D eigenvalue weighted by Crippen LogP contribution is 2.18. The number of hydrogen-bond acceptors (Lipinski definition) is 3. The highest BCUT2D eigenvalue weighted by atomic mass is 19.1. The van der Waals surface area contributed by atoms with Gasteiger partial charge in [-0.15, -0.1) is 0 Å². The maximum Gasteiger partial charge on any atom is 0.128 e. The molecule has 1 atom stereocenters. The second-order valence-corrected chi connectivity index (χ2v) is 5.59. The third kappa shape index (κ3) is 4.27. The fraction of sp³-hybridized carbons (Fsp3) is 0.625. The number of rotatable bonds is 5. The first-order valence-corrected chi connectivity index (χ1v) is 7.59. The number of halogens is 1. The van der Waals surface area contributed by atoms with Crippen molar-refractivity contribution < 1.29 is 4.39 Å². The van der Waals surface area contributed by atoms with Crippen LogP contribution in [-0.2, 0) is 0 Å². The standard InChI is InChI=1S/C16H26FN3/c1-3-18-16(14-7-4-5-8-15(14)17)13-20-10-6-9-19(2)11-12-20/h4-5,7-8,16,18H,3,6,9-13H2,1-2H3. The Morgan fingerprint density at radius 3 is 2.75 bits per heavy atom. The van der Waals surface area contributed by atoms with Crippen LogP contribution in [0.2, 0.25) is 0 Å². The maximum absolute atomic E-state index is 14.0. The first-order chi connectivity index (χ1) is 9.70. The van der Waals surface area contributed by atoms with E-state index < -0.39 is 0 Å². The predicted octanol–water partition coefficient (Wildman–Crippen LogP) is 2.11. The van der Waals surface area contributed by atoms with Gasteiger partial charge in [-0.2, -0.15) is 0 Å². The molecule has 1 heterocycles. The van der Waals surface area contributed by atoms with Crippen molar-refractivity contribution >= 4 is 0 Å². The summed E-state index contributed by atoms with van der Waals surface area (Å²) in [5.41, 5.74) is 0.784. The fourth-order valence-corrected chi connectivity index (χ4v) is 2.82. The number of benzene rings is 1. The van der Waals surface area contributed by atoms with E-state index in [1.54, 1.807) is 12.1 Å². The Morgan fingerprint density at radius 1 is 1.20 bits per heavy atom. The van der Waals surface area contributed by atoms with E-state index in [0.29, 0.717) is 0 Å². The summed E-state index contributed by atoms with van der Waals surface area (Å²) in [6.07, 6.45) is 1.19. The van der Waals surface area contributed by atoms with Crippen LogP contribution in [0, 0.1) is 5.82 Å². The third-order valence-electron chi connectivity index (χ3n) is 3.98. The SMILES string of the molecule is CCNC(CN1CCCN(C)CC1)c1ccccc1F. The van der Waals surface area contributed by atoms with Crippen molar-refractivity contribution in [3.05, 3.63) is 35.6 Å². The van der Waals surface area contributed by atoms with E-state index in [9.17, 15) is 4.39 Å². The summed E-state index contributed by atoms with van der Waals surface area (Å²) in [6.45, 7) is 8.21. The van der Waals surface area contributed by atoms with Crippen molar-refractivity contribution in [1.82, 2.24) is 15.1 Å². The molecular formula is C16H26FN3. The molecule has 1 unspecified atom stereocenters. The van der Waals surface area contributed by atoms with Crippen LogP contribution in [0.25, 0.3) is 0 Å². The molecule has 0 aliphatic carbocycles. The molecule has 3 nitrogen and oxygen atoms in total. The Hall–Kier alpha value is -0.970. The van der Waals surface area contributed by atoms with E-state index in [-0.39, 0.29) is 11.9 Å². The largest absolute Gasteiger partial charge is 0.309 e. The molecule has 1 aliphatic heterocycles. The van der Waals surface area contributed by atoms with Crippen molar-refractivity contribution in [2.75, 3.05) is 46.3 Å². The molecule has 1 aliphatic rings. The molecule has 1 fully saturated rings. The molecule has 0 bridgehead atoms. The fourth-order valence-electron chi connectivity index (χ4n) is 2.82. The molecule has 1 aromatic carbocycles. The Labute approximate surface area is 121 Å². The zero-order valence-corrected chi connectivity index (χ0v) is 12.6. The smallest absolute Gasteiger partial charge is 0.128 e.